The monoisotopic (exact) mass is 366 g/mol. The summed E-state index contributed by atoms with van der Waals surface area (Å²) in [5.41, 5.74) is 5.22. The molecule has 1 aliphatic heterocycles. The predicted octanol–water partition coefficient (Wildman–Crippen LogP) is 4.96. The van der Waals surface area contributed by atoms with Crippen molar-refractivity contribution in [1.29, 1.82) is 0 Å². The number of methoxy groups -OCH3 is 1. The molecule has 0 saturated carbocycles. The van der Waals surface area contributed by atoms with Gasteiger partial charge in [0, 0.05) is 41.8 Å². The molecule has 0 atom stereocenters. The molecular weight excluding hydrogens is 344 g/mol. The number of benzene rings is 2. The molecule has 1 aromatic heterocycles. The predicted molar refractivity (Wildman–Crippen MR) is 110 cm³/mol. The smallest absolute Gasteiger partial charge is 0.118 e. The maximum atomic E-state index is 6.29. The quantitative estimate of drug-likeness (QED) is 0.651. The molecule has 1 aliphatic rings. The first kappa shape index (κ1) is 17.2. The Bertz CT molecular complexity index is 956. The highest BCUT2D eigenvalue weighted by atomic mass is 35.5. The molecule has 0 aliphatic carbocycles. The lowest BCUT2D eigenvalue weighted by Gasteiger charge is -2.12. The van der Waals surface area contributed by atoms with Crippen LogP contribution in [0.4, 0.5) is 0 Å². The molecular formula is C22H23ClN2O. The van der Waals surface area contributed by atoms with E-state index in [0.29, 0.717) is 0 Å². The lowest BCUT2D eigenvalue weighted by molar-refractivity contribution is 0.351. The van der Waals surface area contributed by atoms with Gasteiger partial charge in [0.1, 0.15) is 5.75 Å². The van der Waals surface area contributed by atoms with Crippen molar-refractivity contribution in [2.24, 2.45) is 0 Å². The zero-order chi connectivity index (χ0) is 18.1. The van der Waals surface area contributed by atoms with Gasteiger partial charge in [-0.15, -0.1) is 0 Å². The summed E-state index contributed by atoms with van der Waals surface area (Å²) in [7, 11) is 3.88. The van der Waals surface area contributed by atoms with Crippen LogP contribution in [0.15, 0.2) is 42.5 Å². The Labute approximate surface area is 159 Å². The number of aromatic nitrogens is 1. The van der Waals surface area contributed by atoms with Gasteiger partial charge in [-0.25, -0.2) is 0 Å². The third-order valence-electron chi connectivity index (χ3n) is 5.19. The van der Waals surface area contributed by atoms with E-state index in [1.54, 1.807) is 7.11 Å². The number of rotatable bonds is 3. The molecule has 0 N–H and O–H groups in total. The summed E-state index contributed by atoms with van der Waals surface area (Å²) in [4.78, 5) is 2.40. The Balaban J connectivity index is 1.79. The van der Waals surface area contributed by atoms with E-state index >= 15 is 0 Å². The van der Waals surface area contributed by atoms with Crippen molar-refractivity contribution >= 4 is 34.8 Å². The number of ether oxygens (including phenoxy) is 1. The highest BCUT2D eigenvalue weighted by molar-refractivity contribution is 6.31. The molecule has 0 fully saturated rings. The average Bonchev–Trinajstić information content (AvgIpc) is 2.80. The first-order valence-corrected chi connectivity index (χ1v) is 9.35. The third kappa shape index (κ3) is 3.25. The molecule has 4 heteroatoms. The van der Waals surface area contributed by atoms with E-state index in [-0.39, 0.29) is 0 Å². The third-order valence-corrected chi connectivity index (χ3v) is 5.42. The number of hydrogen-bond donors (Lipinski definition) is 0. The molecule has 3 nitrogen and oxygen atoms in total. The maximum absolute atomic E-state index is 6.29. The molecule has 0 bridgehead atoms. The average molecular weight is 367 g/mol. The van der Waals surface area contributed by atoms with E-state index < -0.39 is 0 Å². The fourth-order valence-corrected chi connectivity index (χ4v) is 3.89. The standard InChI is InChI=1S/C22H23ClN2O/c1-24-12-10-19-20-15-17(23)5-8-21(20)25(22(19)11-13-24)14-9-16-3-6-18(26-2)7-4-16/h3-9,14-15H,10-13H2,1-2H3. The summed E-state index contributed by atoms with van der Waals surface area (Å²) < 4.78 is 7.58. The van der Waals surface area contributed by atoms with Gasteiger partial charge in [0.25, 0.3) is 0 Å². The van der Waals surface area contributed by atoms with Crippen molar-refractivity contribution in [3.05, 3.63) is 64.3 Å². The van der Waals surface area contributed by atoms with Gasteiger partial charge in [-0.2, -0.15) is 0 Å². The zero-order valence-electron chi connectivity index (χ0n) is 15.2. The minimum absolute atomic E-state index is 0.800. The van der Waals surface area contributed by atoms with E-state index in [4.69, 9.17) is 16.3 Å². The van der Waals surface area contributed by atoms with Crippen LogP contribution in [-0.4, -0.2) is 36.7 Å². The summed E-state index contributed by atoms with van der Waals surface area (Å²) in [6, 6.07) is 14.3. The van der Waals surface area contributed by atoms with Gasteiger partial charge < -0.3 is 14.2 Å². The molecule has 3 aromatic rings. The molecule has 0 unspecified atom stereocenters. The number of halogens is 1. The fraction of sp³-hybridized carbons (Fsp3) is 0.273. The molecule has 0 amide bonds. The molecule has 2 heterocycles. The molecule has 0 spiro atoms. The van der Waals surface area contributed by atoms with E-state index in [0.717, 1.165) is 42.3 Å². The molecule has 0 radical (unpaired) electrons. The summed E-state index contributed by atoms with van der Waals surface area (Å²) >= 11 is 6.29. The number of fused-ring (bicyclic) bond motifs is 3. The van der Waals surface area contributed by atoms with Gasteiger partial charge in [-0.1, -0.05) is 23.7 Å². The van der Waals surface area contributed by atoms with Crippen molar-refractivity contribution in [3.8, 4) is 5.75 Å². The molecule has 2 aromatic carbocycles. The van der Waals surface area contributed by atoms with Crippen molar-refractivity contribution in [3.63, 3.8) is 0 Å². The van der Waals surface area contributed by atoms with Gasteiger partial charge >= 0.3 is 0 Å². The lowest BCUT2D eigenvalue weighted by Crippen LogP contribution is -2.21. The molecule has 0 saturated heterocycles. The molecule has 134 valence electrons. The first-order chi connectivity index (χ1) is 12.7. The van der Waals surface area contributed by atoms with E-state index in [9.17, 15) is 0 Å². The summed E-state index contributed by atoms with van der Waals surface area (Å²) in [6.07, 6.45) is 6.45. The second kappa shape index (κ2) is 7.18. The van der Waals surface area contributed by atoms with Crippen molar-refractivity contribution in [1.82, 2.24) is 9.47 Å². The first-order valence-electron chi connectivity index (χ1n) is 8.97. The van der Waals surface area contributed by atoms with Crippen molar-refractivity contribution < 1.29 is 4.74 Å². The van der Waals surface area contributed by atoms with Gasteiger partial charge in [0.15, 0.2) is 0 Å². The minimum Gasteiger partial charge on any atom is -0.497 e. The fourth-order valence-electron chi connectivity index (χ4n) is 3.71. The van der Waals surface area contributed by atoms with Crippen LogP contribution in [0.5, 0.6) is 5.75 Å². The summed E-state index contributed by atoms with van der Waals surface area (Å²) in [6.45, 7) is 2.16. The Morgan fingerprint density at radius 1 is 1.04 bits per heavy atom. The second-order valence-electron chi connectivity index (χ2n) is 6.85. The maximum Gasteiger partial charge on any atom is 0.118 e. The number of nitrogens with zero attached hydrogens (tertiary/aromatic N) is 2. The Morgan fingerprint density at radius 2 is 1.81 bits per heavy atom. The minimum atomic E-state index is 0.800. The Hall–Kier alpha value is -2.23. The van der Waals surface area contributed by atoms with Crippen LogP contribution in [0, 0.1) is 0 Å². The zero-order valence-corrected chi connectivity index (χ0v) is 16.0. The lowest BCUT2D eigenvalue weighted by atomic mass is 10.1. The number of hydrogen-bond acceptors (Lipinski definition) is 2. The number of likely N-dealkylation sites (N-methyl/N-ethyl adjacent to an activating group) is 1. The Kier molecular flexibility index (Phi) is 4.75. The van der Waals surface area contributed by atoms with Gasteiger partial charge in [0.05, 0.1) is 12.6 Å². The van der Waals surface area contributed by atoms with Gasteiger partial charge in [-0.05, 0) is 61.0 Å². The summed E-state index contributed by atoms with van der Waals surface area (Å²) in [5, 5.41) is 2.08. The highest BCUT2D eigenvalue weighted by Gasteiger charge is 2.19. The largest absolute Gasteiger partial charge is 0.497 e. The van der Waals surface area contributed by atoms with E-state index in [2.05, 4.69) is 53.1 Å². The van der Waals surface area contributed by atoms with Crippen LogP contribution in [0.25, 0.3) is 23.2 Å². The molecule has 4 rings (SSSR count). The molecule has 26 heavy (non-hydrogen) atoms. The van der Waals surface area contributed by atoms with Gasteiger partial charge in [-0.3, -0.25) is 0 Å². The SMILES string of the molecule is COc1ccc(C=Cn2c3c(c4cc(Cl)ccc42)CCN(C)CC3)cc1. The van der Waals surface area contributed by atoms with Crippen LogP contribution in [-0.2, 0) is 12.8 Å². The summed E-state index contributed by atoms with van der Waals surface area (Å²) in [5.74, 6) is 0.875. The van der Waals surface area contributed by atoms with Crippen LogP contribution >= 0.6 is 11.6 Å². The van der Waals surface area contributed by atoms with Gasteiger partial charge in [0.2, 0.25) is 0 Å². The normalized spacial score (nSPS) is 15.3. The van der Waals surface area contributed by atoms with E-state index in [1.165, 1.54) is 22.2 Å². The van der Waals surface area contributed by atoms with Crippen molar-refractivity contribution in [2.45, 2.75) is 12.8 Å². The van der Waals surface area contributed by atoms with Crippen LogP contribution < -0.4 is 4.74 Å². The highest BCUT2D eigenvalue weighted by Crippen LogP contribution is 2.31. The Morgan fingerprint density at radius 3 is 2.58 bits per heavy atom. The topological polar surface area (TPSA) is 17.4 Å². The second-order valence-corrected chi connectivity index (χ2v) is 7.29. The van der Waals surface area contributed by atoms with Crippen LogP contribution in [0.3, 0.4) is 0 Å². The van der Waals surface area contributed by atoms with E-state index in [1.807, 2.05) is 18.2 Å². The van der Waals surface area contributed by atoms with Crippen LogP contribution in [0.1, 0.15) is 16.8 Å². The van der Waals surface area contributed by atoms with Crippen LogP contribution in [0.2, 0.25) is 5.02 Å². The van der Waals surface area contributed by atoms with Crippen molar-refractivity contribution in [2.75, 3.05) is 27.2 Å².